The zero-order valence-electron chi connectivity index (χ0n) is 22.1. The van der Waals surface area contributed by atoms with Crippen molar-refractivity contribution in [3.8, 4) is 34.3 Å². The second-order valence-electron chi connectivity index (χ2n) is 9.95. The Morgan fingerprint density at radius 1 is 1.05 bits per heavy atom. The molecule has 1 fully saturated rings. The second-order valence-corrected chi connectivity index (χ2v) is 9.95. The summed E-state index contributed by atoms with van der Waals surface area (Å²) in [6.07, 6.45) is 2.83. The van der Waals surface area contributed by atoms with Crippen LogP contribution in [0.2, 0.25) is 0 Å². The number of anilines is 1. The van der Waals surface area contributed by atoms with Crippen LogP contribution in [0.15, 0.2) is 72.9 Å². The van der Waals surface area contributed by atoms with Gasteiger partial charge < -0.3 is 14.7 Å². The number of hydrogen-bond acceptors (Lipinski definition) is 6. The highest BCUT2D eigenvalue weighted by Crippen LogP contribution is 2.33. The van der Waals surface area contributed by atoms with Gasteiger partial charge in [0, 0.05) is 30.4 Å². The van der Waals surface area contributed by atoms with E-state index in [1.54, 1.807) is 12.3 Å². The van der Waals surface area contributed by atoms with Crippen LogP contribution in [0.25, 0.3) is 22.5 Å². The molecule has 0 amide bonds. The highest BCUT2D eigenvalue weighted by molar-refractivity contribution is 5.71. The zero-order valence-corrected chi connectivity index (χ0v) is 22.1. The van der Waals surface area contributed by atoms with Crippen LogP contribution >= 0.6 is 0 Å². The molecule has 1 aliphatic rings. The predicted octanol–water partition coefficient (Wildman–Crippen LogP) is 6.18. The first-order valence-electron chi connectivity index (χ1n) is 13.1. The third kappa shape index (κ3) is 5.91. The van der Waals surface area contributed by atoms with E-state index >= 15 is 0 Å². The molecule has 5 rings (SSSR count). The molecule has 7 nitrogen and oxygen atoms in total. The summed E-state index contributed by atoms with van der Waals surface area (Å²) in [5.74, 6) is 0.617. The number of aromatic nitrogens is 2. The molecule has 0 bridgehead atoms. The van der Waals surface area contributed by atoms with E-state index < -0.39 is 5.97 Å². The molecule has 0 radical (unpaired) electrons. The number of nitriles is 1. The molecular weight excluding hydrogens is 488 g/mol. The van der Waals surface area contributed by atoms with Gasteiger partial charge in [0.05, 0.1) is 22.9 Å². The number of hydrogen-bond donors (Lipinski definition) is 1. The van der Waals surface area contributed by atoms with E-state index in [9.17, 15) is 9.90 Å². The van der Waals surface area contributed by atoms with Gasteiger partial charge in [0.1, 0.15) is 24.2 Å². The van der Waals surface area contributed by atoms with Crippen molar-refractivity contribution < 1.29 is 14.6 Å². The number of rotatable bonds is 7. The molecule has 2 aromatic heterocycles. The average molecular weight is 519 g/mol. The van der Waals surface area contributed by atoms with Crippen LogP contribution in [0.5, 0.6) is 5.75 Å². The number of aliphatic carboxylic acids is 1. The van der Waals surface area contributed by atoms with E-state index in [4.69, 9.17) is 15.0 Å². The molecule has 7 heteroatoms. The van der Waals surface area contributed by atoms with E-state index in [0.717, 1.165) is 50.8 Å². The summed E-state index contributed by atoms with van der Waals surface area (Å²) >= 11 is 0. The van der Waals surface area contributed by atoms with Crippen LogP contribution in [-0.2, 0) is 11.4 Å². The standard InChI is InChI=1S/C32H30N4O3/c1-21-6-11-30(39-20-26-9-8-25(17-22(26)2)28-10-7-23(18-33)19-34-28)27(16-21)29-4-3-5-31(35-29)36-14-12-24(13-15-36)32(37)38/h3-11,16-17,19,24H,12-15,20H2,1-2H3,(H,37,38). The molecule has 1 aliphatic heterocycles. The smallest absolute Gasteiger partial charge is 0.306 e. The van der Waals surface area contributed by atoms with E-state index in [2.05, 4.69) is 41.1 Å². The Morgan fingerprint density at radius 3 is 2.56 bits per heavy atom. The summed E-state index contributed by atoms with van der Waals surface area (Å²) in [5.41, 5.74) is 7.38. The Labute approximate surface area is 228 Å². The van der Waals surface area contributed by atoms with Gasteiger partial charge in [-0.1, -0.05) is 29.8 Å². The minimum absolute atomic E-state index is 0.279. The number of nitrogens with zero attached hydrogens (tertiary/aromatic N) is 4. The van der Waals surface area contributed by atoms with Crippen LogP contribution in [0.3, 0.4) is 0 Å². The monoisotopic (exact) mass is 518 g/mol. The van der Waals surface area contributed by atoms with E-state index in [0.29, 0.717) is 38.1 Å². The van der Waals surface area contributed by atoms with Gasteiger partial charge in [-0.05, 0) is 80.3 Å². The summed E-state index contributed by atoms with van der Waals surface area (Å²) in [5, 5.41) is 18.3. The van der Waals surface area contributed by atoms with E-state index in [-0.39, 0.29) is 5.92 Å². The Bertz CT molecular complexity index is 1530. The number of benzene rings is 2. The molecule has 0 spiro atoms. The summed E-state index contributed by atoms with van der Waals surface area (Å²) in [6, 6.07) is 24.0. The van der Waals surface area contributed by atoms with E-state index in [1.807, 2.05) is 49.4 Å². The fraction of sp³-hybridized carbons (Fsp3) is 0.250. The number of pyridine rings is 2. The second kappa shape index (κ2) is 11.4. The van der Waals surface area contributed by atoms with Crippen molar-refractivity contribution in [2.75, 3.05) is 18.0 Å². The number of piperidine rings is 1. The van der Waals surface area contributed by atoms with Gasteiger partial charge in [0.2, 0.25) is 0 Å². The van der Waals surface area contributed by atoms with Crippen LogP contribution in [0.1, 0.15) is 35.1 Å². The first-order chi connectivity index (χ1) is 18.9. The summed E-state index contributed by atoms with van der Waals surface area (Å²) < 4.78 is 6.34. The van der Waals surface area contributed by atoms with Crippen molar-refractivity contribution in [2.24, 2.45) is 5.92 Å². The first kappa shape index (κ1) is 25.9. The lowest BCUT2D eigenvalue weighted by Crippen LogP contribution is -2.36. The van der Waals surface area contributed by atoms with E-state index in [1.165, 1.54) is 0 Å². The lowest BCUT2D eigenvalue weighted by atomic mass is 9.97. The third-order valence-electron chi connectivity index (χ3n) is 7.23. The summed E-state index contributed by atoms with van der Waals surface area (Å²) in [7, 11) is 0. The molecule has 196 valence electrons. The van der Waals surface area contributed by atoms with Crippen molar-refractivity contribution in [1.82, 2.24) is 9.97 Å². The molecule has 3 heterocycles. The number of carboxylic acid groups (broad SMARTS) is 1. The van der Waals surface area contributed by atoms with Gasteiger partial charge in [0.15, 0.2) is 0 Å². The minimum atomic E-state index is -0.714. The topological polar surface area (TPSA) is 99.3 Å². The maximum absolute atomic E-state index is 11.3. The minimum Gasteiger partial charge on any atom is -0.488 e. The number of carboxylic acids is 1. The summed E-state index contributed by atoms with van der Waals surface area (Å²) in [4.78, 5) is 22.8. The van der Waals surface area contributed by atoms with Gasteiger partial charge in [0.25, 0.3) is 0 Å². The Hall–Kier alpha value is -4.70. The molecule has 0 unspecified atom stereocenters. The molecule has 0 saturated carbocycles. The van der Waals surface area contributed by atoms with Crippen molar-refractivity contribution in [2.45, 2.75) is 33.3 Å². The highest BCUT2D eigenvalue weighted by Gasteiger charge is 2.25. The quantitative estimate of drug-likeness (QED) is 0.312. The Kier molecular flexibility index (Phi) is 7.55. The maximum Gasteiger partial charge on any atom is 0.306 e. The van der Waals surface area contributed by atoms with Crippen molar-refractivity contribution in [3.63, 3.8) is 0 Å². The van der Waals surface area contributed by atoms with Crippen molar-refractivity contribution in [1.29, 1.82) is 5.26 Å². The molecule has 2 aromatic carbocycles. The normalized spacial score (nSPS) is 13.6. The first-order valence-corrected chi connectivity index (χ1v) is 13.1. The average Bonchev–Trinajstić information content (AvgIpc) is 2.97. The number of ether oxygens (including phenoxy) is 1. The Balaban J connectivity index is 1.33. The molecular formula is C32H30N4O3. The van der Waals surface area contributed by atoms with Gasteiger partial charge in [-0.25, -0.2) is 4.98 Å². The number of carbonyl (C=O) groups is 1. The van der Waals surface area contributed by atoms with Crippen LogP contribution in [0.4, 0.5) is 5.82 Å². The third-order valence-corrected chi connectivity index (χ3v) is 7.23. The lowest BCUT2D eigenvalue weighted by molar-refractivity contribution is -0.142. The van der Waals surface area contributed by atoms with Gasteiger partial charge in [-0.15, -0.1) is 0 Å². The number of aryl methyl sites for hydroxylation is 2. The molecule has 1 N–H and O–H groups in total. The fourth-order valence-electron chi connectivity index (χ4n) is 4.88. The van der Waals surface area contributed by atoms with Crippen LogP contribution in [-0.4, -0.2) is 34.1 Å². The molecule has 0 aliphatic carbocycles. The SMILES string of the molecule is Cc1ccc(OCc2ccc(-c3ccc(C#N)cn3)cc2C)c(-c2cccc(N3CCC(C(=O)O)CC3)n2)c1. The highest BCUT2D eigenvalue weighted by atomic mass is 16.5. The van der Waals surface area contributed by atoms with Gasteiger partial charge >= 0.3 is 5.97 Å². The van der Waals surface area contributed by atoms with Crippen molar-refractivity contribution >= 4 is 11.8 Å². The molecule has 4 aromatic rings. The molecule has 0 atom stereocenters. The Morgan fingerprint density at radius 2 is 1.87 bits per heavy atom. The lowest BCUT2D eigenvalue weighted by Gasteiger charge is -2.31. The van der Waals surface area contributed by atoms with Gasteiger partial charge in [-0.3, -0.25) is 9.78 Å². The van der Waals surface area contributed by atoms with Crippen LogP contribution < -0.4 is 9.64 Å². The summed E-state index contributed by atoms with van der Waals surface area (Å²) in [6.45, 7) is 5.87. The van der Waals surface area contributed by atoms with Gasteiger partial charge in [-0.2, -0.15) is 5.26 Å². The molecule has 1 saturated heterocycles. The fourth-order valence-corrected chi connectivity index (χ4v) is 4.88. The predicted molar refractivity (Wildman–Crippen MR) is 150 cm³/mol. The maximum atomic E-state index is 11.3. The van der Waals surface area contributed by atoms with Crippen molar-refractivity contribution in [3.05, 3.63) is 95.2 Å². The zero-order chi connectivity index (χ0) is 27.4. The largest absolute Gasteiger partial charge is 0.488 e. The molecule has 39 heavy (non-hydrogen) atoms. The van der Waals surface area contributed by atoms with Crippen LogP contribution in [0, 0.1) is 31.1 Å².